The van der Waals surface area contributed by atoms with Crippen LogP contribution in [0.2, 0.25) is 0 Å². The van der Waals surface area contributed by atoms with Gasteiger partial charge in [0.05, 0.1) is 13.2 Å². The zero-order valence-electron chi connectivity index (χ0n) is 30.2. The second-order valence-electron chi connectivity index (χ2n) is 10.1. The fourth-order valence-corrected chi connectivity index (χ4v) is 4.95. The van der Waals surface area contributed by atoms with E-state index in [0.29, 0.717) is 53.4 Å². The maximum atomic E-state index is 9.33. The molecular weight excluding hydrogens is 869 g/mol. The third-order valence-electron chi connectivity index (χ3n) is 6.35. The molecule has 11 nitrogen and oxygen atoms in total. The molecule has 0 atom stereocenters. The summed E-state index contributed by atoms with van der Waals surface area (Å²) in [6, 6.07) is 24.6. The van der Waals surface area contributed by atoms with Crippen molar-refractivity contribution in [1.82, 2.24) is 9.97 Å². The molecule has 0 fully saturated rings. The number of aromatic nitrogens is 2. The standard InChI is InChI=1S/C19H19Cl2NO3.C13H9NO3.C3H6BrCl.CH2O3.2K.H/c20-9-1-11-23-15-5-3-14(4-6-15)19-22-17-8-7-16(13-18(17)25-19)24-12-2-10-21;15-9-3-1-8(2-4-9)13-14-11-6-5-10(16)7-12(11)17-13;4-2-1-3-5;2-1-4-3;;;/h3-8,13H,1-2,9-12H2;1-7,15-16H;1-3H2;1,3H;;;/q;;;;2*+1;-1/p-1. The van der Waals surface area contributed by atoms with Crippen LogP contribution in [0, 0.1) is 0 Å². The van der Waals surface area contributed by atoms with Gasteiger partial charge in [-0.3, -0.25) is 4.79 Å². The number of carbonyl (C=O) groups is 1. The van der Waals surface area contributed by atoms with Crippen LogP contribution in [-0.2, 0) is 9.68 Å². The van der Waals surface area contributed by atoms with Gasteiger partial charge in [0, 0.05) is 46.2 Å². The molecule has 0 saturated heterocycles. The molecule has 0 bridgehead atoms. The number of carbonyl (C=O) groups excluding carboxylic acids is 1. The van der Waals surface area contributed by atoms with Crippen LogP contribution < -0.4 is 118 Å². The van der Waals surface area contributed by atoms with Gasteiger partial charge in [-0.25, -0.2) is 9.97 Å². The van der Waals surface area contributed by atoms with Gasteiger partial charge in [-0.1, -0.05) is 15.9 Å². The summed E-state index contributed by atoms with van der Waals surface area (Å²) in [7, 11) is 0. The van der Waals surface area contributed by atoms with E-state index in [1.54, 1.807) is 36.4 Å². The number of nitrogens with zero attached hydrogens (tertiary/aromatic N) is 2. The Morgan fingerprint density at radius 2 is 1.11 bits per heavy atom. The third kappa shape index (κ3) is 18.3. The average molecular weight is 905 g/mol. The first-order valence-electron chi connectivity index (χ1n) is 15.5. The number of benzene rings is 4. The molecule has 2 N–H and O–H groups in total. The van der Waals surface area contributed by atoms with Gasteiger partial charge < -0.3 is 40.1 Å². The fraction of sp³-hybridized carbons (Fsp3) is 0.250. The Balaban J connectivity index is 0.000000841. The summed E-state index contributed by atoms with van der Waals surface area (Å²) in [6.07, 6.45) is 2.70. The Bertz CT molecular complexity index is 1890. The van der Waals surface area contributed by atoms with Crippen molar-refractivity contribution in [1.29, 1.82) is 0 Å². The van der Waals surface area contributed by atoms with Crippen molar-refractivity contribution in [3.05, 3.63) is 84.9 Å². The van der Waals surface area contributed by atoms with Gasteiger partial charge in [0.15, 0.2) is 11.2 Å². The van der Waals surface area contributed by atoms with Crippen LogP contribution in [-0.4, -0.2) is 62.8 Å². The molecule has 0 amide bonds. The minimum atomic E-state index is -0.181. The first-order valence-corrected chi connectivity index (χ1v) is 18.2. The minimum Gasteiger partial charge on any atom is -1.00 e. The molecule has 0 aliphatic rings. The maximum absolute atomic E-state index is 9.33. The molecule has 17 heteroatoms. The molecule has 2 aromatic heterocycles. The average Bonchev–Trinajstić information content (AvgIpc) is 3.77. The number of aromatic hydroxyl groups is 2. The van der Waals surface area contributed by atoms with Crippen molar-refractivity contribution in [3.8, 4) is 45.9 Å². The van der Waals surface area contributed by atoms with Crippen molar-refractivity contribution in [2.45, 2.75) is 19.3 Å². The quantitative estimate of drug-likeness (QED) is 0.0439. The van der Waals surface area contributed by atoms with Crippen molar-refractivity contribution >= 4 is 79.4 Å². The molecule has 0 saturated carbocycles. The summed E-state index contributed by atoms with van der Waals surface area (Å²) in [5, 5.41) is 28.0. The number of alkyl halides is 4. The Morgan fingerprint density at radius 1 is 0.679 bits per heavy atom. The van der Waals surface area contributed by atoms with Crippen LogP contribution in [0.3, 0.4) is 0 Å². The van der Waals surface area contributed by atoms with Crippen LogP contribution >= 0.6 is 50.7 Å². The molecule has 0 spiro atoms. The topological polar surface area (TPSA) is 160 Å². The minimum absolute atomic E-state index is 0. The molecule has 0 radical (unpaired) electrons. The smallest absolute Gasteiger partial charge is 1.00 e. The summed E-state index contributed by atoms with van der Waals surface area (Å²) in [5.74, 6) is 4.88. The molecular formula is C36H36BrCl3K2N2O9. The summed E-state index contributed by atoms with van der Waals surface area (Å²) < 4.78 is 22.6. The van der Waals surface area contributed by atoms with Crippen molar-refractivity contribution in [3.63, 3.8) is 0 Å². The number of phenols is 2. The van der Waals surface area contributed by atoms with E-state index in [4.69, 9.17) is 63.2 Å². The van der Waals surface area contributed by atoms with Gasteiger partial charge in [-0.05, 0) is 92.1 Å². The number of fused-ring (bicyclic) bond motifs is 2. The predicted octanol–water partition coefficient (Wildman–Crippen LogP) is 2.98. The van der Waals surface area contributed by atoms with Crippen molar-refractivity contribution in [2.24, 2.45) is 0 Å². The second kappa shape index (κ2) is 29.3. The Morgan fingerprint density at radius 3 is 1.58 bits per heavy atom. The third-order valence-corrected chi connectivity index (χ3v) is 7.71. The molecule has 6 aromatic rings. The number of oxazole rings is 2. The van der Waals surface area contributed by atoms with Gasteiger partial charge in [-0.15, -0.1) is 34.8 Å². The maximum Gasteiger partial charge on any atom is 1.00 e. The molecule has 0 aliphatic carbocycles. The zero-order chi connectivity index (χ0) is 36.8. The van der Waals surface area contributed by atoms with Crippen LogP contribution in [0.1, 0.15) is 20.7 Å². The van der Waals surface area contributed by atoms with E-state index in [0.717, 1.165) is 58.6 Å². The van der Waals surface area contributed by atoms with Gasteiger partial charge in [0.25, 0.3) is 6.47 Å². The van der Waals surface area contributed by atoms with E-state index >= 15 is 0 Å². The predicted molar refractivity (Wildman–Crippen MR) is 201 cm³/mol. The number of ether oxygens (including phenoxy) is 2. The van der Waals surface area contributed by atoms with Crippen molar-refractivity contribution < 1.29 is 148 Å². The van der Waals surface area contributed by atoms with E-state index in [1.807, 2.05) is 42.5 Å². The summed E-state index contributed by atoms with van der Waals surface area (Å²) in [5.41, 5.74) is 4.38. The Labute approximate surface area is 417 Å². The first kappa shape index (κ1) is 50.1. The Hall–Kier alpha value is -0.927. The van der Waals surface area contributed by atoms with E-state index < -0.39 is 0 Å². The summed E-state index contributed by atoms with van der Waals surface area (Å²) in [4.78, 5) is 20.1. The van der Waals surface area contributed by atoms with Gasteiger partial charge in [0.1, 0.15) is 34.0 Å². The van der Waals surface area contributed by atoms with Crippen LogP contribution in [0.15, 0.2) is 93.8 Å². The normalized spacial score (nSPS) is 9.83. The number of hydrogen-bond acceptors (Lipinski definition) is 11. The second-order valence-corrected chi connectivity index (χ2v) is 12.0. The molecule has 4 aromatic carbocycles. The molecule has 274 valence electrons. The van der Waals surface area contributed by atoms with Crippen LogP contribution in [0.25, 0.3) is 45.1 Å². The monoisotopic (exact) mass is 902 g/mol. The number of rotatable bonds is 13. The zero-order valence-corrected chi connectivity index (χ0v) is 39.3. The van der Waals surface area contributed by atoms with E-state index in [-0.39, 0.29) is 122 Å². The number of hydrogen-bond donors (Lipinski definition) is 2. The van der Waals surface area contributed by atoms with Gasteiger partial charge in [0.2, 0.25) is 11.8 Å². The molecule has 53 heavy (non-hydrogen) atoms. The van der Waals surface area contributed by atoms with Crippen LogP contribution in [0.5, 0.6) is 23.0 Å². The van der Waals surface area contributed by atoms with E-state index in [2.05, 4.69) is 30.8 Å². The molecule has 0 aliphatic heterocycles. The summed E-state index contributed by atoms with van der Waals surface area (Å²) in [6.45, 7) is 1.01. The van der Waals surface area contributed by atoms with Gasteiger partial charge in [-0.2, -0.15) is 0 Å². The first-order chi connectivity index (χ1) is 24.8. The van der Waals surface area contributed by atoms with E-state index in [9.17, 15) is 10.2 Å². The van der Waals surface area contributed by atoms with Crippen LogP contribution in [0.4, 0.5) is 0 Å². The van der Waals surface area contributed by atoms with E-state index in [1.165, 1.54) is 6.07 Å². The summed E-state index contributed by atoms with van der Waals surface area (Å²) >= 11 is 19.8. The van der Waals surface area contributed by atoms with Gasteiger partial charge >= 0.3 is 103 Å². The Kier molecular flexibility index (Phi) is 27.7. The molecule has 6 rings (SSSR count). The molecule has 0 unspecified atom stereocenters. The SMILES string of the molecule is ClCCCBr.ClCCCOc1ccc(-c2nc3ccc(OCCCCl)cc3o2)cc1.O=CO[O-].Oc1ccc(-c2nc3ccc(O)cc3o2)cc1.[H-].[K+].[K+]. The number of phenolic OH excluding ortho intramolecular Hbond substituents is 2. The number of halogens is 4. The molecule has 2 heterocycles. The largest absolute Gasteiger partial charge is 1.00 e. The fourth-order valence-electron chi connectivity index (χ4n) is 3.99. The van der Waals surface area contributed by atoms with Crippen molar-refractivity contribution in [2.75, 3.05) is 36.2 Å².